The summed E-state index contributed by atoms with van der Waals surface area (Å²) in [4.78, 5) is 11.2. The smallest absolute Gasteiger partial charge is 0.321 e. The third-order valence-corrected chi connectivity index (χ3v) is 4.82. The van der Waals surface area contributed by atoms with Gasteiger partial charge in [-0.05, 0) is 37.1 Å². The topological polar surface area (TPSA) is 92.7 Å². The molecule has 1 aliphatic rings. The molecule has 2 rings (SSSR count). The van der Waals surface area contributed by atoms with Crippen LogP contribution in [-0.2, 0) is 21.2 Å². The van der Waals surface area contributed by atoms with E-state index in [1.807, 2.05) is 6.92 Å². The van der Waals surface area contributed by atoms with E-state index in [2.05, 4.69) is 4.72 Å². The highest BCUT2D eigenvalue weighted by Gasteiger charge is 2.27. The maximum Gasteiger partial charge on any atom is 0.321 e. The van der Waals surface area contributed by atoms with Crippen LogP contribution in [0.15, 0.2) is 23.1 Å². The van der Waals surface area contributed by atoms with E-state index in [1.165, 1.54) is 6.07 Å². The Hall–Kier alpha value is -1.60. The van der Waals surface area contributed by atoms with Crippen LogP contribution in [0.1, 0.15) is 32.3 Å². The third-order valence-electron chi connectivity index (χ3n) is 3.35. The first-order valence-corrected chi connectivity index (χ1v) is 8.36. The molecule has 0 radical (unpaired) electrons. The molecule has 2 N–H and O–H groups in total. The monoisotopic (exact) mass is 313 g/mol. The van der Waals surface area contributed by atoms with Crippen molar-refractivity contribution < 1.29 is 23.1 Å². The SMILES string of the molecule is CCCC(NS(=O)(=O)c1ccc2c(c1)CC(C)O2)C(=O)O. The highest BCUT2D eigenvalue weighted by molar-refractivity contribution is 7.89. The molecule has 1 heterocycles. The fourth-order valence-corrected chi connectivity index (χ4v) is 3.62. The van der Waals surface area contributed by atoms with Gasteiger partial charge in [0, 0.05) is 6.42 Å². The summed E-state index contributed by atoms with van der Waals surface area (Å²) in [5.74, 6) is -0.483. The summed E-state index contributed by atoms with van der Waals surface area (Å²) in [6.45, 7) is 3.71. The molecule has 0 fully saturated rings. The standard InChI is InChI=1S/C14H19NO5S/c1-3-4-12(14(16)17)15-21(18,19)11-5-6-13-10(8-11)7-9(2)20-13/h5-6,8-9,12,15H,3-4,7H2,1-2H3,(H,16,17). The molecule has 6 nitrogen and oxygen atoms in total. The number of rotatable bonds is 6. The van der Waals surface area contributed by atoms with Gasteiger partial charge in [-0.15, -0.1) is 0 Å². The van der Waals surface area contributed by atoms with Crippen LogP contribution in [0.4, 0.5) is 0 Å². The van der Waals surface area contributed by atoms with E-state index in [4.69, 9.17) is 9.84 Å². The average Bonchev–Trinajstić information content (AvgIpc) is 2.76. The van der Waals surface area contributed by atoms with Gasteiger partial charge in [-0.25, -0.2) is 8.42 Å². The summed E-state index contributed by atoms with van der Waals surface area (Å²) < 4.78 is 32.3. The number of hydrogen-bond acceptors (Lipinski definition) is 4. The van der Waals surface area contributed by atoms with Gasteiger partial charge in [0.15, 0.2) is 0 Å². The van der Waals surface area contributed by atoms with Crippen molar-refractivity contribution in [3.8, 4) is 5.75 Å². The molecule has 2 unspecified atom stereocenters. The second kappa shape index (κ2) is 6.03. The van der Waals surface area contributed by atoms with Crippen LogP contribution in [0.3, 0.4) is 0 Å². The van der Waals surface area contributed by atoms with E-state index in [0.717, 1.165) is 5.56 Å². The fourth-order valence-electron chi connectivity index (χ4n) is 2.34. The molecule has 0 saturated carbocycles. The van der Waals surface area contributed by atoms with E-state index in [9.17, 15) is 13.2 Å². The number of carboxylic acid groups (broad SMARTS) is 1. The van der Waals surface area contributed by atoms with Crippen molar-refractivity contribution in [2.75, 3.05) is 0 Å². The minimum absolute atomic E-state index is 0.0257. The summed E-state index contributed by atoms with van der Waals surface area (Å²) in [6.07, 6.45) is 1.50. The van der Waals surface area contributed by atoms with Gasteiger partial charge < -0.3 is 9.84 Å². The minimum Gasteiger partial charge on any atom is -0.490 e. The highest BCUT2D eigenvalue weighted by Crippen LogP contribution is 2.30. The number of ether oxygens (including phenoxy) is 1. The van der Waals surface area contributed by atoms with Gasteiger partial charge in [0.05, 0.1) is 4.90 Å². The van der Waals surface area contributed by atoms with Crippen LogP contribution in [-0.4, -0.2) is 31.6 Å². The van der Waals surface area contributed by atoms with E-state index < -0.39 is 22.0 Å². The molecular weight excluding hydrogens is 294 g/mol. The van der Waals surface area contributed by atoms with Gasteiger partial charge >= 0.3 is 5.97 Å². The van der Waals surface area contributed by atoms with Crippen molar-refractivity contribution in [3.05, 3.63) is 23.8 Å². The zero-order valence-electron chi connectivity index (χ0n) is 12.0. The van der Waals surface area contributed by atoms with Gasteiger partial charge in [0.1, 0.15) is 17.9 Å². The summed E-state index contributed by atoms with van der Waals surface area (Å²) >= 11 is 0. The Morgan fingerprint density at radius 1 is 1.52 bits per heavy atom. The average molecular weight is 313 g/mol. The van der Waals surface area contributed by atoms with Crippen LogP contribution in [0.5, 0.6) is 5.75 Å². The van der Waals surface area contributed by atoms with Crippen LogP contribution >= 0.6 is 0 Å². The van der Waals surface area contributed by atoms with Crippen molar-refractivity contribution in [3.63, 3.8) is 0 Å². The molecular formula is C14H19NO5S. The van der Waals surface area contributed by atoms with Gasteiger partial charge in [0.25, 0.3) is 0 Å². The largest absolute Gasteiger partial charge is 0.490 e. The lowest BCUT2D eigenvalue weighted by atomic mass is 10.1. The van der Waals surface area contributed by atoms with Crippen molar-refractivity contribution in [2.24, 2.45) is 0 Å². The van der Waals surface area contributed by atoms with Gasteiger partial charge in [-0.2, -0.15) is 4.72 Å². The van der Waals surface area contributed by atoms with Crippen LogP contribution in [0.25, 0.3) is 0 Å². The predicted molar refractivity (Wildman–Crippen MR) is 76.9 cm³/mol. The number of carboxylic acids is 1. The van der Waals surface area contributed by atoms with Crippen LogP contribution in [0.2, 0.25) is 0 Å². The van der Waals surface area contributed by atoms with E-state index >= 15 is 0 Å². The summed E-state index contributed by atoms with van der Waals surface area (Å²) in [7, 11) is -3.85. The maximum absolute atomic E-state index is 12.3. The number of fused-ring (bicyclic) bond motifs is 1. The highest BCUT2D eigenvalue weighted by atomic mass is 32.2. The van der Waals surface area contributed by atoms with E-state index in [1.54, 1.807) is 19.1 Å². The molecule has 2 atom stereocenters. The number of aliphatic carboxylic acids is 1. The number of nitrogens with one attached hydrogen (secondary N) is 1. The zero-order valence-corrected chi connectivity index (χ0v) is 12.8. The Labute approximate surface area is 124 Å². The summed E-state index contributed by atoms with van der Waals surface area (Å²) in [6, 6.07) is 3.49. The van der Waals surface area contributed by atoms with Gasteiger partial charge in [0.2, 0.25) is 10.0 Å². The zero-order chi connectivity index (χ0) is 15.6. The van der Waals surface area contributed by atoms with E-state index in [-0.39, 0.29) is 17.4 Å². The van der Waals surface area contributed by atoms with Crippen molar-refractivity contribution >= 4 is 16.0 Å². The normalized spacial score (nSPS) is 18.9. The lowest BCUT2D eigenvalue weighted by Crippen LogP contribution is -2.40. The molecule has 1 aromatic carbocycles. The Kier molecular flexibility index (Phi) is 4.53. The quantitative estimate of drug-likeness (QED) is 0.831. The molecule has 0 aliphatic carbocycles. The molecule has 7 heteroatoms. The second-order valence-corrected chi connectivity index (χ2v) is 6.92. The van der Waals surface area contributed by atoms with E-state index in [0.29, 0.717) is 18.6 Å². The van der Waals surface area contributed by atoms with Gasteiger partial charge in [-0.3, -0.25) is 4.79 Å². The van der Waals surface area contributed by atoms with Crippen molar-refractivity contribution in [2.45, 2.75) is 50.2 Å². The molecule has 21 heavy (non-hydrogen) atoms. The summed E-state index contributed by atoms with van der Waals surface area (Å²) in [5.41, 5.74) is 0.827. The van der Waals surface area contributed by atoms with Crippen molar-refractivity contribution in [1.82, 2.24) is 4.72 Å². The molecule has 1 aliphatic heterocycles. The molecule has 0 bridgehead atoms. The maximum atomic E-state index is 12.3. The molecule has 0 amide bonds. The summed E-state index contributed by atoms with van der Waals surface area (Å²) in [5, 5.41) is 9.06. The molecule has 0 saturated heterocycles. The number of benzene rings is 1. The number of sulfonamides is 1. The Morgan fingerprint density at radius 3 is 2.86 bits per heavy atom. The first-order chi connectivity index (χ1) is 9.83. The second-order valence-electron chi connectivity index (χ2n) is 5.20. The molecule has 0 aromatic heterocycles. The predicted octanol–water partition coefficient (Wildman–Crippen LogP) is 1.54. The first-order valence-electron chi connectivity index (χ1n) is 6.88. The Morgan fingerprint density at radius 2 is 2.24 bits per heavy atom. The lowest BCUT2D eigenvalue weighted by molar-refractivity contribution is -0.139. The van der Waals surface area contributed by atoms with Crippen molar-refractivity contribution in [1.29, 1.82) is 0 Å². The Balaban J connectivity index is 2.24. The Bertz CT molecular complexity index is 641. The molecule has 0 spiro atoms. The molecule has 1 aromatic rings. The fraction of sp³-hybridized carbons (Fsp3) is 0.500. The minimum atomic E-state index is -3.85. The first kappa shape index (κ1) is 15.8. The third kappa shape index (κ3) is 3.54. The lowest BCUT2D eigenvalue weighted by Gasteiger charge is -2.14. The van der Waals surface area contributed by atoms with Crippen LogP contribution in [0, 0.1) is 0 Å². The van der Waals surface area contributed by atoms with Gasteiger partial charge in [-0.1, -0.05) is 13.3 Å². The number of carbonyl (C=O) groups is 1. The number of hydrogen-bond donors (Lipinski definition) is 2. The van der Waals surface area contributed by atoms with Crippen LogP contribution < -0.4 is 9.46 Å². The molecule has 116 valence electrons.